The third-order valence-corrected chi connectivity index (χ3v) is 4.58. The van der Waals surface area contributed by atoms with Gasteiger partial charge in [0.15, 0.2) is 5.96 Å². The van der Waals surface area contributed by atoms with Crippen LogP contribution in [0.3, 0.4) is 0 Å². The van der Waals surface area contributed by atoms with E-state index in [4.69, 9.17) is 10.5 Å². The van der Waals surface area contributed by atoms with Crippen molar-refractivity contribution in [1.82, 2.24) is 5.32 Å². The highest BCUT2D eigenvalue weighted by Crippen LogP contribution is 2.23. The van der Waals surface area contributed by atoms with Crippen LogP contribution in [0.4, 0.5) is 5.69 Å². The Morgan fingerprint density at radius 1 is 1.31 bits per heavy atom. The topological polar surface area (TPSA) is 83.1 Å². The monoisotopic (exact) mass is 476 g/mol. The number of aliphatic hydroxyl groups is 1. The van der Waals surface area contributed by atoms with Gasteiger partial charge in [0.1, 0.15) is 0 Å². The third-order valence-electron chi connectivity index (χ3n) is 4.58. The summed E-state index contributed by atoms with van der Waals surface area (Å²) in [5.41, 5.74) is 8.27. The fraction of sp³-hybridized carbons (Fsp3) is 0.632. The number of aliphatic hydroxyl groups excluding tert-OH is 1. The Morgan fingerprint density at radius 2 is 2.00 bits per heavy atom. The molecule has 1 aromatic carbocycles. The minimum atomic E-state index is 0. The van der Waals surface area contributed by atoms with Crippen LogP contribution in [0.5, 0.6) is 0 Å². The number of hydrogen-bond donors (Lipinski definition) is 3. The summed E-state index contributed by atoms with van der Waals surface area (Å²) in [6.07, 6.45) is 3.05. The largest absolute Gasteiger partial charge is 0.396 e. The van der Waals surface area contributed by atoms with Gasteiger partial charge in [-0.05, 0) is 49.8 Å². The Kier molecular flexibility index (Phi) is 11.6. The van der Waals surface area contributed by atoms with Crippen LogP contribution in [0.15, 0.2) is 29.3 Å². The molecule has 0 saturated carbocycles. The number of benzene rings is 1. The standard InChI is InChI=1S/C19H32N4O2.HI/c1-2-25-13-3-10-21-19(20)22-14-16-4-6-18(7-5-16)23-11-8-17(15-24)9-12-23;/h4-7,17,24H,2-3,8-15H2,1H3,(H3,20,21,22);1H. The molecule has 6 nitrogen and oxygen atoms in total. The molecule has 0 radical (unpaired) electrons. The minimum Gasteiger partial charge on any atom is -0.396 e. The van der Waals surface area contributed by atoms with Gasteiger partial charge >= 0.3 is 0 Å². The van der Waals surface area contributed by atoms with E-state index in [0.717, 1.165) is 57.7 Å². The summed E-state index contributed by atoms with van der Waals surface area (Å²) in [4.78, 5) is 6.76. The Hall–Kier alpha value is -1.06. The number of halogens is 1. The zero-order valence-electron chi connectivity index (χ0n) is 15.7. The van der Waals surface area contributed by atoms with Gasteiger partial charge in [-0.25, -0.2) is 4.99 Å². The second-order valence-corrected chi connectivity index (χ2v) is 6.46. The first-order valence-electron chi connectivity index (χ1n) is 9.29. The van der Waals surface area contributed by atoms with Crippen molar-refractivity contribution in [3.63, 3.8) is 0 Å². The van der Waals surface area contributed by atoms with Crippen LogP contribution < -0.4 is 16.0 Å². The molecule has 0 aliphatic carbocycles. The predicted molar refractivity (Wildman–Crippen MR) is 118 cm³/mol. The lowest BCUT2D eigenvalue weighted by Crippen LogP contribution is -2.34. The number of nitrogens with one attached hydrogen (secondary N) is 1. The lowest BCUT2D eigenvalue weighted by Gasteiger charge is -2.32. The van der Waals surface area contributed by atoms with E-state index in [-0.39, 0.29) is 24.0 Å². The lowest BCUT2D eigenvalue weighted by molar-refractivity contribution is 0.145. The molecule has 1 fully saturated rings. The summed E-state index contributed by atoms with van der Waals surface area (Å²) in [7, 11) is 0. The van der Waals surface area contributed by atoms with Gasteiger partial charge in [0.25, 0.3) is 0 Å². The summed E-state index contributed by atoms with van der Waals surface area (Å²) in [5, 5.41) is 12.3. The molecule has 0 aromatic heterocycles. The summed E-state index contributed by atoms with van der Waals surface area (Å²) >= 11 is 0. The quantitative estimate of drug-likeness (QED) is 0.221. The molecule has 148 valence electrons. The highest BCUT2D eigenvalue weighted by Gasteiger charge is 2.18. The number of ether oxygens (including phenoxy) is 1. The van der Waals surface area contributed by atoms with Crippen molar-refractivity contribution in [2.75, 3.05) is 44.4 Å². The van der Waals surface area contributed by atoms with E-state index in [1.807, 2.05) is 6.92 Å². The normalized spacial score (nSPS) is 15.6. The highest BCUT2D eigenvalue weighted by atomic mass is 127. The average Bonchev–Trinajstić information content (AvgIpc) is 2.67. The second kappa shape index (κ2) is 13.2. The lowest BCUT2D eigenvalue weighted by atomic mass is 9.97. The molecule has 26 heavy (non-hydrogen) atoms. The number of nitrogens with two attached hydrogens (primary N) is 1. The van der Waals surface area contributed by atoms with Crippen molar-refractivity contribution in [2.24, 2.45) is 16.6 Å². The van der Waals surface area contributed by atoms with E-state index in [0.29, 0.717) is 25.0 Å². The molecule has 1 heterocycles. The van der Waals surface area contributed by atoms with Crippen LogP contribution in [0.1, 0.15) is 31.7 Å². The first kappa shape index (κ1) is 23.0. The number of rotatable bonds is 9. The second-order valence-electron chi connectivity index (χ2n) is 6.46. The van der Waals surface area contributed by atoms with E-state index in [9.17, 15) is 5.11 Å². The molecule has 1 aromatic rings. The van der Waals surface area contributed by atoms with Gasteiger partial charge in [-0.2, -0.15) is 0 Å². The maximum absolute atomic E-state index is 9.23. The molecular weight excluding hydrogens is 443 g/mol. The van der Waals surface area contributed by atoms with E-state index >= 15 is 0 Å². The molecule has 1 saturated heterocycles. The number of piperidine rings is 1. The van der Waals surface area contributed by atoms with Gasteiger partial charge in [-0.15, -0.1) is 24.0 Å². The van der Waals surface area contributed by atoms with Gasteiger partial charge in [0.2, 0.25) is 0 Å². The van der Waals surface area contributed by atoms with Gasteiger partial charge in [-0.1, -0.05) is 12.1 Å². The molecule has 0 bridgehead atoms. The fourth-order valence-electron chi connectivity index (χ4n) is 2.95. The molecule has 0 unspecified atom stereocenters. The van der Waals surface area contributed by atoms with Gasteiger partial charge in [0, 0.05) is 45.1 Å². The maximum atomic E-state index is 9.23. The summed E-state index contributed by atoms with van der Waals surface area (Å²) in [6.45, 7) is 7.18. The molecule has 0 spiro atoms. The van der Waals surface area contributed by atoms with E-state index in [2.05, 4.69) is 39.5 Å². The molecule has 1 aliphatic heterocycles. The first-order valence-corrected chi connectivity index (χ1v) is 9.29. The average molecular weight is 476 g/mol. The SMILES string of the molecule is CCOCCCNC(N)=NCc1ccc(N2CCC(CO)CC2)cc1.I. The van der Waals surface area contributed by atoms with Crippen molar-refractivity contribution < 1.29 is 9.84 Å². The van der Waals surface area contributed by atoms with Crippen molar-refractivity contribution in [3.8, 4) is 0 Å². The van der Waals surface area contributed by atoms with E-state index in [1.165, 1.54) is 5.69 Å². The molecule has 0 atom stereocenters. The Morgan fingerprint density at radius 3 is 2.62 bits per heavy atom. The van der Waals surface area contributed by atoms with Gasteiger partial charge in [-0.3, -0.25) is 0 Å². The number of anilines is 1. The Balaban J connectivity index is 0.00000338. The summed E-state index contributed by atoms with van der Waals surface area (Å²) < 4.78 is 5.28. The first-order chi connectivity index (χ1) is 12.2. The van der Waals surface area contributed by atoms with E-state index in [1.54, 1.807) is 0 Å². The maximum Gasteiger partial charge on any atom is 0.188 e. The van der Waals surface area contributed by atoms with Crippen molar-refractivity contribution >= 4 is 35.6 Å². The van der Waals surface area contributed by atoms with Gasteiger partial charge in [0.05, 0.1) is 6.54 Å². The fourth-order valence-corrected chi connectivity index (χ4v) is 2.95. The highest BCUT2D eigenvalue weighted by molar-refractivity contribution is 14.0. The molecule has 1 aliphatic rings. The van der Waals surface area contributed by atoms with Crippen LogP contribution in [-0.4, -0.2) is 50.5 Å². The third kappa shape index (κ3) is 8.09. The van der Waals surface area contributed by atoms with Gasteiger partial charge < -0.3 is 25.8 Å². The molecule has 7 heteroatoms. The summed E-state index contributed by atoms with van der Waals surface area (Å²) in [5.74, 6) is 0.945. The number of guanidine groups is 1. The minimum absolute atomic E-state index is 0. The van der Waals surface area contributed by atoms with Crippen LogP contribution in [0.25, 0.3) is 0 Å². The van der Waals surface area contributed by atoms with Crippen LogP contribution in [0, 0.1) is 5.92 Å². The van der Waals surface area contributed by atoms with Crippen LogP contribution in [-0.2, 0) is 11.3 Å². The van der Waals surface area contributed by atoms with Crippen molar-refractivity contribution in [3.05, 3.63) is 29.8 Å². The Bertz CT molecular complexity index is 517. The van der Waals surface area contributed by atoms with E-state index < -0.39 is 0 Å². The number of aliphatic imine (C=N–C) groups is 1. The summed E-state index contributed by atoms with van der Waals surface area (Å²) in [6, 6.07) is 8.52. The van der Waals surface area contributed by atoms with Crippen molar-refractivity contribution in [2.45, 2.75) is 32.7 Å². The smallest absolute Gasteiger partial charge is 0.188 e. The number of hydrogen-bond acceptors (Lipinski definition) is 4. The zero-order valence-corrected chi connectivity index (χ0v) is 18.0. The predicted octanol–water partition coefficient (Wildman–Crippen LogP) is 2.34. The molecule has 2 rings (SSSR count). The Labute approximate surface area is 174 Å². The molecular formula is C19H33IN4O2. The van der Waals surface area contributed by atoms with Crippen molar-refractivity contribution in [1.29, 1.82) is 0 Å². The molecule has 0 amide bonds. The number of nitrogens with zero attached hydrogens (tertiary/aromatic N) is 2. The molecule has 4 N–H and O–H groups in total. The van der Waals surface area contributed by atoms with Crippen LogP contribution >= 0.6 is 24.0 Å². The zero-order chi connectivity index (χ0) is 17.9. The van der Waals surface area contributed by atoms with Crippen LogP contribution in [0.2, 0.25) is 0 Å².